The molecule has 23 heavy (non-hydrogen) atoms. The Labute approximate surface area is 137 Å². The first-order chi connectivity index (χ1) is 11.1. The third-order valence-electron chi connectivity index (χ3n) is 5.20. The maximum absolute atomic E-state index is 12.8. The van der Waals surface area contributed by atoms with E-state index >= 15 is 0 Å². The summed E-state index contributed by atoms with van der Waals surface area (Å²) in [5.41, 5.74) is 0.530. The van der Waals surface area contributed by atoms with Crippen LogP contribution in [0.5, 0.6) is 0 Å². The van der Waals surface area contributed by atoms with Crippen LogP contribution in [0.15, 0.2) is 24.5 Å². The van der Waals surface area contributed by atoms with Crippen LogP contribution in [0.3, 0.4) is 0 Å². The second-order valence-corrected chi connectivity index (χ2v) is 7.00. The number of aromatic nitrogens is 1. The average molecular weight is 315 g/mol. The Kier molecular flexibility index (Phi) is 4.37. The highest BCUT2D eigenvalue weighted by atomic mass is 16.2. The lowest BCUT2D eigenvalue weighted by atomic mass is 9.61. The third kappa shape index (κ3) is 2.73. The van der Waals surface area contributed by atoms with Crippen molar-refractivity contribution >= 4 is 11.8 Å². The molecule has 124 valence electrons. The van der Waals surface area contributed by atoms with Crippen LogP contribution < -0.4 is 5.32 Å². The number of pyridine rings is 1. The number of hydrogen-bond donors (Lipinski definition) is 1. The van der Waals surface area contributed by atoms with Crippen LogP contribution in [0.1, 0.15) is 51.5 Å². The Morgan fingerprint density at radius 3 is 2.74 bits per heavy atom. The Morgan fingerprint density at radius 2 is 2.13 bits per heavy atom. The molecule has 5 nitrogen and oxygen atoms in total. The van der Waals surface area contributed by atoms with Gasteiger partial charge in [-0.25, -0.2) is 0 Å². The highest BCUT2D eigenvalue weighted by Crippen LogP contribution is 2.50. The van der Waals surface area contributed by atoms with E-state index in [-0.39, 0.29) is 23.9 Å². The van der Waals surface area contributed by atoms with E-state index in [1.807, 2.05) is 26.0 Å². The number of nitrogens with zero attached hydrogens (tertiary/aromatic N) is 2. The summed E-state index contributed by atoms with van der Waals surface area (Å²) in [4.78, 5) is 31.3. The molecule has 1 unspecified atom stereocenters. The van der Waals surface area contributed by atoms with Gasteiger partial charge in [-0.2, -0.15) is 0 Å². The SMILES string of the molecule is CC(C)N1C(=O)C2(CCCCC2)C1C(=O)NCc1cccnc1. The fourth-order valence-electron chi connectivity index (χ4n) is 4.06. The first-order valence-corrected chi connectivity index (χ1v) is 8.55. The molecule has 1 aromatic heterocycles. The standard InChI is InChI=1S/C18H25N3O2/c1-13(2)21-15(18(17(21)23)8-4-3-5-9-18)16(22)20-12-14-7-6-10-19-11-14/h6-7,10-11,13,15H,3-5,8-9,12H2,1-2H3,(H,20,22). The molecule has 1 aliphatic heterocycles. The van der Waals surface area contributed by atoms with Gasteiger partial charge in [0.15, 0.2) is 0 Å². The summed E-state index contributed by atoms with van der Waals surface area (Å²) in [6.07, 6.45) is 8.42. The van der Waals surface area contributed by atoms with Crippen LogP contribution in [0.4, 0.5) is 0 Å². The van der Waals surface area contributed by atoms with E-state index in [2.05, 4.69) is 10.3 Å². The van der Waals surface area contributed by atoms with E-state index in [0.717, 1.165) is 31.2 Å². The number of likely N-dealkylation sites (tertiary alicyclic amines) is 1. The predicted molar refractivity (Wildman–Crippen MR) is 87.4 cm³/mol. The zero-order valence-corrected chi connectivity index (χ0v) is 13.9. The molecule has 0 aromatic carbocycles. The van der Waals surface area contributed by atoms with Gasteiger partial charge < -0.3 is 10.2 Å². The van der Waals surface area contributed by atoms with E-state index in [9.17, 15) is 9.59 Å². The van der Waals surface area contributed by atoms with Crippen molar-refractivity contribution in [2.24, 2.45) is 5.41 Å². The van der Waals surface area contributed by atoms with Crippen molar-refractivity contribution in [1.29, 1.82) is 0 Å². The Hall–Kier alpha value is -1.91. The van der Waals surface area contributed by atoms with E-state index < -0.39 is 5.41 Å². The second kappa shape index (κ2) is 6.30. The van der Waals surface area contributed by atoms with Crippen LogP contribution in [0.25, 0.3) is 0 Å². The molecule has 2 fully saturated rings. The molecule has 1 saturated heterocycles. The molecule has 1 atom stereocenters. The number of nitrogens with one attached hydrogen (secondary N) is 1. The van der Waals surface area contributed by atoms with Gasteiger partial charge in [0.05, 0.1) is 5.41 Å². The van der Waals surface area contributed by atoms with Crippen molar-refractivity contribution < 1.29 is 9.59 Å². The van der Waals surface area contributed by atoms with Gasteiger partial charge in [0.2, 0.25) is 11.8 Å². The van der Waals surface area contributed by atoms with E-state index in [4.69, 9.17) is 0 Å². The van der Waals surface area contributed by atoms with E-state index in [0.29, 0.717) is 6.54 Å². The maximum Gasteiger partial charge on any atom is 0.244 e. The number of amides is 2. The zero-order chi connectivity index (χ0) is 16.4. The second-order valence-electron chi connectivity index (χ2n) is 7.00. The number of carbonyl (C=O) groups is 2. The van der Waals surface area contributed by atoms with Crippen LogP contribution in [0.2, 0.25) is 0 Å². The molecule has 2 aliphatic rings. The Bertz CT molecular complexity index is 579. The van der Waals surface area contributed by atoms with Gasteiger partial charge in [-0.3, -0.25) is 14.6 Å². The lowest BCUT2D eigenvalue weighted by Gasteiger charge is -2.58. The first-order valence-electron chi connectivity index (χ1n) is 8.55. The van der Waals surface area contributed by atoms with Crippen molar-refractivity contribution in [3.05, 3.63) is 30.1 Å². The van der Waals surface area contributed by atoms with Crippen molar-refractivity contribution in [2.45, 2.75) is 64.6 Å². The summed E-state index contributed by atoms with van der Waals surface area (Å²) >= 11 is 0. The van der Waals surface area contributed by atoms with Crippen LogP contribution in [-0.4, -0.2) is 33.8 Å². The fourth-order valence-corrected chi connectivity index (χ4v) is 4.06. The molecule has 1 spiro atoms. The summed E-state index contributed by atoms with van der Waals surface area (Å²) in [5, 5.41) is 3.01. The monoisotopic (exact) mass is 315 g/mol. The normalized spacial score (nSPS) is 23.0. The van der Waals surface area contributed by atoms with Gasteiger partial charge in [-0.05, 0) is 38.3 Å². The first kappa shape index (κ1) is 16.0. The lowest BCUT2D eigenvalue weighted by Crippen LogP contribution is -2.75. The molecule has 1 aliphatic carbocycles. The van der Waals surface area contributed by atoms with Gasteiger partial charge in [0.1, 0.15) is 6.04 Å². The molecule has 0 bridgehead atoms. The lowest BCUT2D eigenvalue weighted by molar-refractivity contribution is -0.186. The Balaban J connectivity index is 1.73. The van der Waals surface area contributed by atoms with Gasteiger partial charge in [0, 0.05) is 25.0 Å². The van der Waals surface area contributed by atoms with Gasteiger partial charge in [-0.1, -0.05) is 25.3 Å². The fraction of sp³-hybridized carbons (Fsp3) is 0.611. The van der Waals surface area contributed by atoms with Crippen molar-refractivity contribution in [3.8, 4) is 0 Å². The van der Waals surface area contributed by atoms with Gasteiger partial charge in [0.25, 0.3) is 0 Å². The molecular weight excluding hydrogens is 290 g/mol. The smallest absolute Gasteiger partial charge is 0.244 e. The van der Waals surface area contributed by atoms with Crippen molar-refractivity contribution in [3.63, 3.8) is 0 Å². The minimum Gasteiger partial charge on any atom is -0.350 e. The molecule has 2 amide bonds. The quantitative estimate of drug-likeness (QED) is 0.867. The third-order valence-corrected chi connectivity index (χ3v) is 5.20. The molecule has 1 aromatic rings. The molecule has 1 saturated carbocycles. The van der Waals surface area contributed by atoms with Gasteiger partial charge in [-0.15, -0.1) is 0 Å². The number of β-lactam (4-membered cyclic amide) rings is 1. The number of hydrogen-bond acceptors (Lipinski definition) is 3. The molecule has 2 heterocycles. The summed E-state index contributed by atoms with van der Waals surface area (Å²) in [6, 6.07) is 3.55. The van der Waals surface area contributed by atoms with Crippen molar-refractivity contribution in [1.82, 2.24) is 15.2 Å². The molecule has 5 heteroatoms. The van der Waals surface area contributed by atoms with Crippen LogP contribution in [-0.2, 0) is 16.1 Å². The summed E-state index contributed by atoms with van der Waals surface area (Å²) in [5.74, 6) is 0.151. The van der Waals surface area contributed by atoms with Gasteiger partial charge >= 0.3 is 0 Å². The number of carbonyl (C=O) groups excluding carboxylic acids is 2. The molecular formula is C18H25N3O2. The number of rotatable bonds is 4. The van der Waals surface area contributed by atoms with Crippen molar-refractivity contribution in [2.75, 3.05) is 0 Å². The van der Waals surface area contributed by atoms with E-state index in [1.165, 1.54) is 6.42 Å². The minimum absolute atomic E-state index is 0.0240. The molecule has 3 rings (SSSR count). The predicted octanol–water partition coefficient (Wildman–Crippen LogP) is 2.27. The van der Waals surface area contributed by atoms with Crippen LogP contribution in [0, 0.1) is 5.41 Å². The van der Waals surface area contributed by atoms with E-state index in [1.54, 1.807) is 17.3 Å². The average Bonchev–Trinajstić information content (AvgIpc) is 2.58. The minimum atomic E-state index is -0.443. The summed E-state index contributed by atoms with van der Waals surface area (Å²) in [6.45, 7) is 4.42. The largest absolute Gasteiger partial charge is 0.350 e. The maximum atomic E-state index is 12.8. The van der Waals surface area contributed by atoms with Crippen LogP contribution >= 0.6 is 0 Å². The highest BCUT2D eigenvalue weighted by Gasteiger charge is 2.63. The Morgan fingerprint density at radius 1 is 1.39 bits per heavy atom. The highest BCUT2D eigenvalue weighted by molar-refractivity contribution is 6.02. The summed E-state index contributed by atoms with van der Waals surface area (Å²) < 4.78 is 0. The summed E-state index contributed by atoms with van der Waals surface area (Å²) in [7, 11) is 0. The molecule has 1 N–H and O–H groups in total. The topological polar surface area (TPSA) is 62.3 Å². The zero-order valence-electron chi connectivity index (χ0n) is 13.9. The molecule has 0 radical (unpaired) electrons.